The van der Waals surface area contributed by atoms with Gasteiger partial charge in [0.1, 0.15) is 0 Å². The Balaban J connectivity index is 2.35. The van der Waals surface area contributed by atoms with Crippen molar-refractivity contribution >= 4 is 15.9 Å². The number of nitrogens with zero attached hydrogens (tertiary/aromatic N) is 1. The zero-order chi connectivity index (χ0) is 14.7. The number of benzene rings is 1. The highest BCUT2D eigenvalue weighted by atomic mass is 79.9. The number of nitrogens with one attached hydrogen (secondary N) is 1. The largest absolute Gasteiger partial charge is 0.319 e. The normalized spacial score (nSPS) is 24.3. The molecule has 1 N–H and O–H groups in total. The third-order valence-corrected chi connectivity index (χ3v) is 5.32. The van der Waals surface area contributed by atoms with Crippen molar-refractivity contribution in [2.24, 2.45) is 5.92 Å². The third-order valence-electron chi connectivity index (χ3n) is 4.46. The molecule has 2 unspecified atom stereocenters. The molecular weight excluding hydrogens is 312 g/mol. The van der Waals surface area contributed by atoms with Gasteiger partial charge in [-0.2, -0.15) is 0 Å². The summed E-state index contributed by atoms with van der Waals surface area (Å²) in [7, 11) is 2.07. The molecule has 0 spiro atoms. The fourth-order valence-electron chi connectivity index (χ4n) is 3.42. The average molecular weight is 339 g/mol. The van der Waals surface area contributed by atoms with E-state index in [-0.39, 0.29) is 0 Å². The van der Waals surface area contributed by atoms with Crippen molar-refractivity contribution in [3.8, 4) is 0 Å². The summed E-state index contributed by atoms with van der Waals surface area (Å²) in [5, 5.41) is 3.38. The van der Waals surface area contributed by atoms with Gasteiger partial charge in [-0.1, -0.05) is 28.1 Å². The standard InChI is InChI=1S/C17H27BrN2/c1-12(2)20-9-5-6-15(11-19-4)17(20)14-8-7-13(3)16(18)10-14/h7-8,10,12,15,17,19H,5-6,9,11H2,1-4H3. The summed E-state index contributed by atoms with van der Waals surface area (Å²) in [6.07, 6.45) is 2.63. The Hall–Kier alpha value is -0.380. The predicted molar refractivity (Wildman–Crippen MR) is 90.1 cm³/mol. The summed E-state index contributed by atoms with van der Waals surface area (Å²) in [5.74, 6) is 0.700. The van der Waals surface area contributed by atoms with Gasteiger partial charge in [0.25, 0.3) is 0 Å². The first-order valence-corrected chi connectivity index (χ1v) is 8.50. The zero-order valence-corrected chi connectivity index (χ0v) is 14.7. The van der Waals surface area contributed by atoms with Gasteiger partial charge in [0.05, 0.1) is 0 Å². The van der Waals surface area contributed by atoms with E-state index in [2.05, 4.69) is 72.2 Å². The van der Waals surface area contributed by atoms with E-state index in [0.717, 1.165) is 6.54 Å². The summed E-state index contributed by atoms with van der Waals surface area (Å²) < 4.78 is 1.23. The molecule has 1 fully saturated rings. The van der Waals surface area contributed by atoms with E-state index in [0.29, 0.717) is 18.0 Å². The highest BCUT2D eigenvalue weighted by Gasteiger charge is 2.33. The molecule has 0 bridgehead atoms. The lowest BCUT2D eigenvalue weighted by atomic mass is 9.83. The summed E-state index contributed by atoms with van der Waals surface area (Å²) >= 11 is 3.69. The molecule has 1 aliphatic heterocycles. The first-order chi connectivity index (χ1) is 9.54. The van der Waals surface area contributed by atoms with Gasteiger partial charge in [-0.15, -0.1) is 0 Å². The van der Waals surface area contributed by atoms with Gasteiger partial charge >= 0.3 is 0 Å². The second-order valence-electron chi connectivity index (χ2n) is 6.25. The maximum atomic E-state index is 3.69. The van der Waals surface area contributed by atoms with Gasteiger partial charge in [-0.25, -0.2) is 0 Å². The van der Waals surface area contributed by atoms with Gasteiger partial charge in [0, 0.05) is 16.6 Å². The summed E-state index contributed by atoms with van der Waals surface area (Å²) in [5.41, 5.74) is 2.77. The van der Waals surface area contributed by atoms with Crippen LogP contribution in [0.4, 0.5) is 0 Å². The van der Waals surface area contributed by atoms with Crippen LogP contribution in [0.15, 0.2) is 22.7 Å². The van der Waals surface area contributed by atoms with Crippen molar-refractivity contribution in [3.63, 3.8) is 0 Å². The van der Waals surface area contributed by atoms with Gasteiger partial charge < -0.3 is 5.32 Å². The average Bonchev–Trinajstić information content (AvgIpc) is 2.42. The van der Waals surface area contributed by atoms with Gasteiger partial charge in [-0.05, 0) is 76.9 Å². The molecule has 2 atom stereocenters. The van der Waals surface area contributed by atoms with E-state index in [9.17, 15) is 0 Å². The van der Waals surface area contributed by atoms with Crippen molar-refractivity contribution in [2.45, 2.75) is 45.7 Å². The molecule has 1 aromatic rings. The molecule has 0 aromatic heterocycles. The van der Waals surface area contributed by atoms with Crippen LogP contribution in [0.3, 0.4) is 0 Å². The van der Waals surface area contributed by atoms with Crippen LogP contribution in [-0.2, 0) is 0 Å². The number of likely N-dealkylation sites (tertiary alicyclic amines) is 1. The second kappa shape index (κ2) is 7.06. The number of hydrogen-bond donors (Lipinski definition) is 1. The number of halogens is 1. The molecule has 0 radical (unpaired) electrons. The monoisotopic (exact) mass is 338 g/mol. The molecule has 1 saturated heterocycles. The van der Waals surface area contributed by atoms with E-state index in [1.807, 2.05) is 0 Å². The van der Waals surface area contributed by atoms with E-state index >= 15 is 0 Å². The number of aryl methyl sites for hydroxylation is 1. The lowest BCUT2D eigenvalue weighted by Crippen LogP contribution is -2.45. The Kier molecular flexibility index (Phi) is 5.65. The minimum Gasteiger partial charge on any atom is -0.319 e. The molecule has 1 aliphatic rings. The smallest absolute Gasteiger partial charge is 0.0391 e. The first kappa shape index (κ1) is 16.0. The van der Waals surface area contributed by atoms with Crippen LogP contribution < -0.4 is 5.32 Å². The van der Waals surface area contributed by atoms with Crippen molar-refractivity contribution in [3.05, 3.63) is 33.8 Å². The Bertz CT molecular complexity index is 443. The van der Waals surface area contributed by atoms with Crippen LogP contribution in [0.2, 0.25) is 0 Å². The van der Waals surface area contributed by atoms with Crippen LogP contribution in [0, 0.1) is 12.8 Å². The zero-order valence-electron chi connectivity index (χ0n) is 13.1. The molecular formula is C17H27BrN2. The highest BCUT2D eigenvalue weighted by Crippen LogP contribution is 2.38. The molecule has 0 aliphatic carbocycles. The third kappa shape index (κ3) is 3.44. The molecule has 0 amide bonds. The van der Waals surface area contributed by atoms with Crippen LogP contribution in [0.25, 0.3) is 0 Å². The van der Waals surface area contributed by atoms with Crippen LogP contribution in [-0.4, -0.2) is 31.1 Å². The molecule has 3 heteroatoms. The molecule has 2 rings (SSSR count). The number of hydrogen-bond acceptors (Lipinski definition) is 2. The van der Waals surface area contributed by atoms with Gasteiger partial charge in [-0.3, -0.25) is 4.90 Å². The SMILES string of the molecule is CNCC1CCCN(C(C)C)C1c1ccc(C)c(Br)c1. The maximum Gasteiger partial charge on any atom is 0.0391 e. The summed E-state index contributed by atoms with van der Waals surface area (Å²) in [6, 6.07) is 8.01. The minimum atomic E-state index is 0.535. The maximum absolute atomic E-state index is 3.69. The van der Waals surface area contributed by atoms with Gasteiger partial charge in [0.15, 0.2) is 0 Å². The predicted octanol–water partition coefficient (Wildman–Crippen LogP) is 4.14. The molecule has 20 heavy (non-hydrogen) atoms. The number of piperidine rings is 1. The van der Waals surface area contributed by atoms with Crippen molar-refractivity contribution in [1.82, 2.24) is 10.2 Å². The Morgan fingerprint density at radius 1 is 1.40 bits per heavy atom. The summed E-state index contributed by atoms with van der Waals surface area (Å²) in [6.45, 7) is 9.10. The van der Waals surface area contributed by atoms with Gasteiger partial charge in [0.2, 0.25) is 0 Å². The number of rotatable bonds is 4. The second-order valence-corrected chi connectivity index (χ2v) is 7.10. The van der Waals surface area contributed by atoms with E-state index < -0.39 is 0 Å². The van der Waals surface area contributed by atoms with Crippen LogP contribution in [0.1, 0.15) is 43.9 Å². The lowest BCUT2D eigenvalue weighted by Gasteiger charge is -2.44. The van der Waals surface area contributed by atoms with E-state index in [1.54, 1.807) is 0 Å². The fourth-order valence-corrected chi connectivity index (χ4v) is 3.81. The van der Waals surface area contributed by atoms with Crippen molar-refractivity contribution in [2.75, 3.05) is 20.1 Å². The minimum absolute atomic E-state index is 0.535. The first-order valence-electron chi connectivity index (χ1n) is 7.71. The Morgan fingerprint density at radius 3 is 2.75 bits per heavy atom. The molecule has 2 nitrogen and oxygen atoms in total. The Morgan fingerprint density at radius 2 is 2.15 bits per heavy atom. The highest BCUT2D eigenvalue weighted by molar-refractivity contribution is 9.10. The van der Waals surface area contributed by atoms with Crippen molar-refractivity contribution < 1.29 is 0 Å². The molecule has 112 valence electrons. The Labute approximate surface area is 132 Å². The van der Waals surface area contributed by atoms with Crippen molar-refractivity contribution in [1.29, 1.82) is 0 Å². The molecule has 1 aromatic carbocycles. The quantitative estimate of drug-likeness (QED) is 0.887. The molecule has 0 saturated carbocycles. The van der Waals surface area contributed by atoms with E-state index in [1.165, 1.54) is 35.0 Å². The van der Waals surface area contributed by atoms with E-state index in [4.69, 9.17) is 0 Å². The van der Waals surface area contributed by atoms with Crippen LogP contribution >= 0.6 is 15.9 Å². The van der Waals surface area contributed by atoms with Crippen LogP contribution in [0.5, 0.6) is 0 Å². The molecule has 1 heterocycles. The summed E-state index contributed by atoms with van der Waals surface area (Å²) in [4.78, 5) is 2.67. The fraction of sp³-hybridized carbons (Fsp3) is 0.647. The topological polar surface area (TPSA) is 15.3 Å². The lowest BCUT2D eigenvalue weighted by molar-refractivity contribution is 0.0635.